The van der Waals surface area contributed by atoms with Crippen molar-refractivity contribution in [3.8, 4) is 11.5 Å². The Bertz CT molecular complexity index is 494. The van der Waals surface area contributed by atoms with Crippen LogP contribution in [0.4, 0.5) is 0 Å². The highest BCUT2D eigenvalue weighted by atomic mass is 16.7. The monoisotopic (exact) mass is 275 g/mol. The highest BCUT2D eigenvalue weighted by Crippen LogP contribution is 2.34. The van der Waals surface area contributed by atoms with Gasteiger partial charge < -0.3 is 14.8 Å². The van der Waals surface area contributed by atoms with Crippen LogP contribution in [-0.2, 0) is 4.79 Å². The number of fused-ring (bicyclic) bond motifs is 1. The van der Waals surface area contributed by atoms with Crippen LogP contribution in [0.25, 0.3) is 0 Å². The number of amides is 1. The van der Waals surface area contributed by atoms with E-state index in [2.05, 4.69) is 5.32 Å². The van der Waals surface area contributed by atoms with E-state index in [1.165, 1.54) is 25.7 Å². The minimum Gasteiger partial charge on any atom is -0.454 e. The second-order valence-electron chi connectivity index (χ2n) is 5.76. The van der Waals surface area contributed by atoms with Gasteiger partial charge in [-0.25, -0.2) is 0 Å². The molecule has 1 aliphatic carbocycles. The topological polar surface area (TPSA) is 47.6 Å². The molecule has 0 bridgehead atoms. The summed E-state index contributed by atoms with van der Waals surface area (Å²) in [6.07, 6.45) is 5.61. The molecule has 1 unspecified atom stereocenters. The molecule has 1 aliphatic heterocycles. The van der Waals surface area contributed by atoms with Crippen molar-refractivity contribution >= 4 is 5.91 Å². The van der Waals surface area contributed by atoms with E-state index in [-0.39, 0.29) is 18.7 Å². The summed E-state index contributed by atoms with van der Waals surface area (Å²) in [5, 5.41) is 3.08. The van der Waals surface area contributed by atoms with Gasteiger partial charge in [0.15, 0.2) is 11.5 Å². The predicted octanol–water partition coefficient (Wildman–Crippen LogP) is 3.17. The molecule has 0 radical (unpaired) electrons. The summed E-state index contributed by atoms with van der Waals surface area (Å²) >= 11 is 0. The van der Waals surface area contributed by atoms with Crippen LogP contribution >= 0.6 is 0 Å². The van der Waals surface area contributed by atoms with Crippen LogP contribution in [0.3, 0.4) is 0 Å². The van der Waals surface area contributed by atoms with Crippen LogP contribution < -0.4 is 14.8 Å². The maximum Gasteiger partial charge on any atom is 0.231 e. The number of carbonyl (C=O) groups is 1. The van der Waals surface area contributed by atoms with Gasteiger partial charge in [0.05, 0.1) is 6.04 Å². The lowest BCUT2D eigenvalue weighted by molar-refractivity contribution is -0.122. The average molecular weight is 275 g/mol. The van der Waals surface area contributed by atoms with Gasteiger partial charge in [-0.2, -0.15) is 0 Å². The number of benzene rings is 1. The Balaban J connectivity index is 1.58. The quantitative estimate of drug-likeness (QED) is 0.918. The van der Waals surface area contributed by atoms with Crippen LogP contribution in [0.5, 0.6) is 11.5 Å². The van der Waals surface area contributed by atoms with Crippen molar-refractivity contribution in [2.75, 3.05) is 6.79 Å². The van der Waals surface area contributed by atoms with Gasteiger partial charge in [0.25, 0.3) is 0 Å². The number of hydrogen-bond acceptors (Lipinski definition) is 3. The van der Waals surface area contributed by atoms with Crippen molar-refractivity contribution in [2.45, 2.75) is 45.1 Å². The first-order valence-electron chi connectivity index (χ1n) is 7.41. The number of nitrogens with one attached hydrogen (secondary N) is 1. The smallest absolute Gasteiger partial charge is 0.231 e. The molecule has 4 nitrogen and oxygen atoms in total. The summed E-state index contributed by atoms with van der Waals surface area (Å²) in [5.41, 5.74) is 1.05. The molecule has 1 saturated carbocycles. The molecule has 1 amide bonds. The molecule has 0 spiro atoms. The van der Waals surface area contributed by atoms with Gasteiger partial charge in [0.2, 0.25) is 12.7 Å². The Labute approximate surface area is 119 Å². The first-order valence-corrected chi connectivity index (χ1v) is 7.41. The lowest BCUT2D eigenvalue weighted by Gasteiger charge is -2.16. The molecule has 4 heteroatoms. The molecule has 3 rings (SSSR count). The number of ether oxygens (including phenoxy) is 2. The van der Waals surface area contributed by atoms with Crippen LogP contribution in [0.2, 0.25) is 0 Å². The van der Waals surface area contributed by atoms with Gasteiger partial charge in [0, 0.05) is 6.42 Å². The van der Waals surface area contributed by atoms with Gasteiger partial charge in [0.1, 0.15) is 0 Å². The minimum atomic E-state index is -0.00148. The van der Waals surface area contributed by atoms with Gasteiger partial charge in [-0.15, -0.1) is 0 Å². The summed E-state index contributed by atoms with van der Waals surface area (Å²) in [6, 6.07) is 5.83. The highest BCUT2D eigenvalue weighted by molar-refractivity contribution is 5.76. The number of hydrogen-bond donors (Lipinski definition) is 1. The third kappa shape index (κ3) is 2.89. The maximum atomic E-state index is 12.0. The van der Waals surface area contributed by atoms with E-state index in [0.29, 0.717) is 12.3 Å². The Morgan fingerprint density at radius 1 is 1.30 bits per heavy atom. The van der Waals surface area contributed by atoms with Gasteiger partial charge in [-0.05, 0) is 43.4 Å². The summed E-state index contributed by atoms with van der Waals surface area (Å²) in [6.45, 7) is 2.28. The molecule has 1 aromatic rings. The minimum absolute atomic E-state index is 0.00148. The molecular formula is C16H21NO3. The largest absolute Gasteiger partial charge is 0.454 e. The molecule has 108 valence electrons. The zero-order valence-electron chi connectivity index (χ0n) is 11.9. The number of rotatable bonds is 4. The normalized spacial score (nSPS) is 19.1. The standard InChI is InChI=1S/C16H21NO3/c1-11(17-16(18)8-12-4-2-3-5-12)13-6-7-14-15(9-13)20-10-19-14/h6-7,9,11-12H,2-5,8,10H2,1H3,(H,17,18). The fourth-order valence-electron chi connectivity index (χ4n) is 3.04. The second kappa shape index (κ2) is 5.73. The predicted molar refractivity (Wildman–Crippen MR) is 75.7 cm³/mol. The molecule has 20 heavy (non-hydrogen) atoms. The molecule has 1 atom stereocenters. The third-order valence-electron chi connectivity index (χ3n) is 4.22. The Morgan fingerprint density at radius 2 is 2.05 bits per heavy atom. The molecule has 0 saturated heterocycles. The van der Waals surface area contributed by atoms with Crippen molar-refractivity contribution in [3.05, 3.63) is 23.8 Å². The zero-order valence-corrected chi connectivity index (χ0v) is 11.9. The summed E-state index contributed by atoms with van der Waals surface area (Å²) in [4.78, 5) is 12.0. The van der Waals surface area contributed by atoms with E-state index in [0.717, 1.165) is 17.1 Å². The van der Waals surface area contributed by atoms with E-state index >= 15 is 0 Å². The number of carbonyl (C=O) groups excluding carboxylic acids is 1. The molecule has 0 aromatic heterocycles. The van der Waals surface area contributed by atoms with E-state index in [4.69, 9.17) is 9.47 Å². The first kappa shape index (κ1) is 13.3. The van der Waals surface area contributed by atoms with Gasteiger partial charge >= 0.3 is 0 Å². The first-order chi connectivity index (χ1) is 9.72. The zero-order chi connectivity index (χ0) is 13.9. The average Bonchev–Trinajstić information content (AvgIpc) is 3.07. The van der Waals surface area contributed by atoms with Crippen LogP contribution in [0.1, 0.15) is 50.6 Å². The SMILES string of the molecule is CC(NC(=O)CC1CCCC1)c1ccc2c(c1)OCO2. The highest BCUT2D eigenvalue weighted by Gasteiger charge is 2.20. The van der Waals surface area contributed by atoms with Crippen molar-refractivity contribution < 1.29 is 14.3 Å². The molecule has 1 N–H and O–H groups in total. The van der Waals surface area contributed by atoms with Crippen LogP contribution in [0, 0.1) is 5.92 Å². The Hall–Kier alpha value is -1.71. The van der Waals surface area contributed by atoms with E-state index in [1.807, 2.05) is 25.1 Å². The van der Waals surface area contributed by atoms with Crippen molar-refractivity contribution in [2.24, 2.45) is 5.92 Å². The Kier molecular flexibility index (Phi) is 3.81. The van der Waals surface area contributed by atoms with Gasteiger partial charge in [-0.1, -0.05) is 18.9 Å². The summed E-state index contributed by atoms with van der Waals surface area (Å²) in [5.74, 6) is 2.28. The summed E-state index contributed by atoms with van der Waals surface area (Å²) in [7, 11) is 0. The molecular weight excluding hydrogens is 254 g/mol. The molecule has 1 heterocycles. The van der Waals surface area contributed by atoms with E-state index in [1.54, 1.807) is 0 Å². The fraction of sp³-hybridized carbons (Fsp3) is 0.562. The maximum absolute atomic E-state index is 12.0. The molecule has 1 aromatic carbocycles. The van der Waals surface area contributed by atoms with Crippen molar-refractivity contribution in [3.63, 3.8) is 0 Å². The fourth-order valence-corrected chi connectivity index (χ4v) is 3.04. The van der Waals surface area contributed by atoms with Gasteiger partial charge in [-0.3, -0.25) is 4.79 Å². The lowest BCUT2D eigenvalue weighted by Crippen LogP contribution is -2.27. The lowest BCUT2D eigenvalue weighted by atomic mass is 10.0. The third-order valence-corrected chi connectivity index (χ3v) is 4.22. The molecule has 1 fully saturated rings. The second-order valence-corrected chi connectivity index (χ2v) is 5.76. The van der Waals surface area contributed by atoms with Crippen LogP contribution in [0.15, 0.2) is 18.2 Å². The summed E-state index contributed by atoms with van der Waals surface area (Å²) < 4.78 is 10.7. The van der Waals surface area contributed by atoms with Crippen molar-refractivity contribution in [1.82, 2.24) is 5.32 Å². The molecule has 2 aliphatic rings. The van der Waals surface area contributed by atoms with Crippen molar-refractivity contribution in [1.29, 1.82) is 0 Å². The van der Waals surface area contributed by atoms with E-state index in [9.17, 15) is 4.79 Å². The Morgan fingerprint density at radius 3 is 2.85 bits per heavy atom. The van der Waals surface area contributed by atoms with E-state index < -0.39 is 0 Å². The van der Waals surface area contributed by atoms with Crippen LogP contribution in [-0.4, -0.2) is 12.7 Å².